The second-order valence-corrected chi connectivity index (χ2v) is 16.4. The molecule has 0 amide bonds. The summed E-state index contributed by atoms with van der Waals surface area (Å²) in [5.41, 5.74) is 15.9. The average Bonchev–Trinajstić information content (AvgIpc) is 3.88. The number of furan rings is 1. The van der Waals surface area contributed by atoms with Gasteiger partial charge in [0.05, 0.1) is 22.4 Å². The normalized spacial score (nSPS) is 11.8. The number of aromatic nitrogens is 3. The predicted octanol–water partition coefficient (Wildman–Crippen LogP) is 15.6. The van der Waals surface area contributed by atoms with Crippen molar-refractivity contribution in [2.45, 2.75) is 59.3 Å². The third kappa shape index (κ3) is 8.31. The first-order valence-electron chi connectivity index (χ1n) is 21.6. The van der Waals surface area contributed by atoms with E-state index in [9.17, 15) is 0 Å². The molecule has 0 saturated carbocycles. The van der Waals surface area contributed by atoms with E-state index in [2.05, 4.69) is 165 Å². The van der Waals surface area contributed by atoms with Crippen molar-refractivity contribution in [1.82, 2.24) is 14.5 Å². The number of para-hydroxylation sites is 2. The van der Waals surface area contributed by atoms with Gasteiger partial charge in [-0.15, -0.1) is 54.1 Å². The summed E-state index contributed by atoms with van der Waals surface area (Å²) in [6, 6.07) is 63.2. The predicted molar refractivity (Wildman–Crippen MR) is 254 cm³/mol. The van der Waals surface area contributed by atoms with Gasteiger partial charge in [-0.2, -0.15) is 0 Å². The molecule has 5 heteroatoms. The van der Waals surface area contributed by atoms with E-state index in [1.807, 2.05) is 62.4 Å². The molecule has 1 radical (unpaired) electrons. The maximum atomic E-state index is 7.99. The minimum atomic E-state index is -0.591. The van der Waals surface area contributed by atoms with Crippen LogP contribution < -0.4 is 0 Å². The number of rotatable bonds is 8. The third-order valence-electron chi connectivity index (χ3n) is 11.4. The molecule has 0 aliphatic heterocycles. The first kappa shape index (κ1) is 41.0. The van der Waals surface area contributed by atoms with Gasteiger partial charge in [0.1, 0.15) is 5.58 Å². The molecule has 0 aliphatic rings. The van der Waals surface area contributed by atoms with Crippen LogP contribution >= 0.6 is 0 Å². The van der Waals surface area contributed by atoms with Crippen LogP contribution in [0.15, 0.2) is 174 Å². The van der Waals surface area contributed by atoms with E-state index < -0.39 is 5.89 Å². The summed E-state index contributed by atoms with van der Waals surface area (Å²) in [5, 5.41) is 2.15. The van der Waals surface area contributed by atoms with Gasteiger partial charge in [0.15, 0.2) is 0 Å². The molecule has 7 aromatic carbocycles. The fourth-order valence-corrected chi connectivity index (χ4v) is 8.20. The van der Waals surface area contributed by atoms with Crippen LogP contribution in [0.25, 0.3) is 83.6 Å². The first-order valence-corrected chi connectivity index (χ1v) is 21.1. The van der Waals surface area contributed by atoms with Crippen LogP contribution in [0.4, 0.5) is 0 Å². The number of nitrogens with zero attached hydrogens (tertiary/aromatic N) is 3. The first-order chi connectivity index (χ1) is 30.0. The standard InChI is InChI=1S/C43H35N2O.C14H14N.Ir/c1-27(2)36-24-32(30-16-9-6-10-17-30)25-37(28(3)4)41(36)45-39-21-12-11-20-38(39)44-43(45)35-19-13-18-34-33-23-22-31(26-40(33)46-42(34)35)29-14-7-5-8-15-29;1-11(2)13-8-9-15-14(10-13)12-6-4-3-5-7-12;/h5-18,20-28H,1-4H3;3-6,8-11H,1-2H3;/q2*-1;/i;11D;. The van der Waals surface area contributed by atoms with Crippen LogP contribution in [0.2, 0.25) is 0 Å². The number of hydrogen-bond acceptors (Lipinski definition) is 3. The Bertz CT molecular complexity index is 3130. The molecule has 4 nitrogen and oxygen atoms in total. The number of fused-ring (bicyclic) bond motifs is 4. The Kier molecular flexibility index (Phi) is 12.1. The number of hydrogen-bond donors (Lipinski definition) is 0. The van der Waals surface area contributed by atoms with E-state index in [-0.39, 0.29) is 31.9 Å². The van der Waals surface area contributed by atoms with Crippen LogP contribution in [-0.2, 0) is 20.1 Å². The van der Waals surface area contributed by atoms with E-state index in [1.165, 1.54) is 33.5 Å². The van der Waals surface area contributed by atoms with Gasteiger partial charge in [0.25, 0.3) is 0 Å². The average molecular weight is 985 g/mol. The molecule has 0 fully saturated rings. The van der Waals surface area contributed by atoms with Gasteiger partial charge in [-0.1, -0.05) is 149 Å². The van der Waals surface area contributed by atoms with Gasteiger partial charge in [0.2, 0.25) is 0 Å². The van der Waals surface area contributed by atoms with Crippen molar-refractivity contribution in [2.24, 2.45) is 0 Å². The van der Waals surface area contributed by atoms with Crippen molar-refractivity contribution in [3.63, 3.8) is 0 Å². The number of imidazole rings is 1. The van der Waals surface area contributed by atoms with Crippen LogP contribution in [0.1, 0.15) is 77.3 Å². The van der Waals surface area contributed by atoms with E-state index in [1.54, 1.807) is 6.20 Å². The minimum Gasteiger partial charge on any atom is -0.501 e. The van der Waals surface area contributed by atoms with Gasteiger partial charge in [0, 0.05) is 38.7 Å². The summed E-state index contributed by atoms with van der Waals surface area (Å²) in [7, 11) is 0. The molecule has 0 aliphatic carbocycles. The summed E-state index contributed by atoms with van der Waals surface area (Å²) in [4.78, 5) is 9.61. The smallest absolute Gasteiger partial charge is 0.121 e. The van der Waals surface area contributed by atoms with Crippen molar-refractivity contribution in [3.05, 3.63) is 199 Å². The Hall–Kier alpha value is -6.39. The topological polar surface area (TPSA) is 43.9 Å². The van der Waals surface area contributed by atoms with Crippen molar-refractivity contribution in [3.8, 4) is 50.6 Å². The molecule has 3 aromatic heterocycles. The largest absolute Gasteiger partial charge is 0.501 e. The summed E-state index contributed by atoms with van der Waals surface area (Å²) in [6.45, 7) is 12.9. The van der Waals surface area contributed by atoms with E-state index in [4.69, 9.17) is 10.8 Å². The Morgan fingerprint density at radius 3 is 1.92 bits per heavy atom. The van der Waals surface area contributed by atoms with Gasteiger partial charge >= 0.3 is 0 Å². The fourth-order valence-electron chi connectivity index (χ4n) is 8.20. The SMILES string of the molecule is CC(C)c1cc(-c2ccccc2)cc(C(C)C)c1-n1c(-c2[c-]ccc3c2oc2cc(-c4ccccc4)ccc23)nc2ccccc21.[2H]C(C)(C)c1ccnc(-c2[c-]cccc2)c1.[Ir]. The summed E-state index contributed by atoms with van der Waals surface area (Å²) >= 11 is 0. The molecule has 3 heterocycles. The summed E-state index contributed by atoms with van der Waals surface area (Å²) in [6.07, 6.45) is 1.75. The molecule has 0 bridgehead atoms. The molecular formula is C57H49IrN3O-2. The van der Waals surface area contributed by atoms with Crippen molar-refractivity contribution < 1.29 is 25.9 Å². The summed E-state index contributed by atoms with van der Waals surface area (Å²) < 4.78 is 17.1. The zero-order chi connectivity index (χ0) is 43.0. The van der Waals surface area contributed by atoms with E-state index >= 15 is 0 Å². The molecule has 0 spiro atoms. The van der Waals surface area contributed by atoms with Gasteiger partial charge in [-0.25, -0.2) is 0 Å². The third-order valence-corrected chi connectivity index (χ3v) is 11.4. The fraction of sp³-hybridized carbons (Fsp3) is 0.158. The van der Waals surface area contributed by atoms with Crippen molar-refractivity contribution >= 4 is 33.0 Å². The Morgan fingerprint density at radius 1 is 0.597 bits per heavy atom. The Balaban J connectivity index is 0.000000271. The molecular weight excluding hydrogens is 935 g/mol. The molecule has 10 aromatic rings. The molecule has 309 valence electrons. The van der Waals surface area contributed by atoms with E-state index in [0.717, 1.165) is 66.7 Å². The number of pyridine rings is 1. The van der Waals surface area contributed by atoms with E-state index in [0.29, 0.717) is 0 Å². The second kappa shape index (κ2) is 18.3. The quantitative estimate of drug-likeness (QED) is 0.143. The molecule has 62 heavy (non-hydrogen) atoms. The van der Waals surface area contributed by atoms with Crippen LogP contribution in [0.3, 0.4) is 0 Å². The minimum absolute atomic E-state index is 0. The Morgan fingerprint density at radius 2 is 1.26 bits per heavy atom. The molecule has 0 N–H and O–H groups in total. The monoisotopic (exact) mass is 985 g/mol. The molecule has 0 atom stereocenters. The van der Waals surface area contributed by atoms with Crippen LogP contribution in [0, 0.1) is 12.1 Å². The van der Waals surface area contributed by atoms with Crippen LogP contribution in [0.5, 0.6) is 0 Å². The maximum Gasteiger partial charge on any atom is 0.121 e. The van der Waals surface area contributed by atoms with Gasteiger partial charge in [-0.05, 0) is 93.2 Å². The van der Waals surface area contributed by atoms with Crippen molar-refractivity contribution in [2.75, 3.05) is 0 Å². The maximum absolute atomic E-state index is 7.99. The molecule has 10 rings (SSSR count). The van der Waals surface area contributed by atoms with Gasteiger partial charge in [-0.3, -0.25) is 4.98 Å². The summed E-state index contributed by atoms with van der Waals surface area (Å²) in [5.74, 6) is 0.817. The molecule has 0 saturated heterocycles. The van der Waals surface area contributed by atoms with Crippen LogP contribution in [-0.4, -0.2) is 14.5 Å². The zero-order valence-corrected chi connectivity index (χ0v) is 38.3. The second-order valence-electron chi connectivity index (χ2n) is 16.4. The Labute approximate surface area is 380 Å². The number of benzene rings is 7. The zero-order valence-electron chi connectivity index (χ0n) is 36.9. The van der Waals surface area contributed by atoms with Crippen molar-refractivity contribution in [1.29, 1.82) is 0 Å². The van der Waals surface area contributed by atoms with Gasteiger partial charge < -0.3 is 14.0 Å². The molecule has 0 unspecified atom stereocenters.